The molecule has 4 heteroatoms. The van der Waals surface area contributed by atoms with Gasteiger partial charge in [0.2, 0.25) is 0 Å². The average molecular weight is 217 g/mol. The van der Waals surface area contributed by atoms with Gasteiger partial charge in [-0.1, -0.05) is 29.3 Å². The third-order valence-electron chi connectivity index (χ3n) is 1.52. The molecule has 0 heterocycles. The van der Waals surface area contributed by atoms with Crippen molar-refractivity contribution in [1.29, 1.82) is 0 Å². The molecule has 0 aromatic heterocycles. The number of allylic oxidation sites excluding steroid dienone is 1. The number of carbonyl (C=O) groups is 1. The predicted molar refractivity (Wildman–Crippen MR) is 53.1 cm³/mol. The van der Waals surface area contributed by atoms with E-state index in [0.717, 1.165) is 6.26 Å². The molecule has 0 saturated heterocycles. The summed E-state index contributed by atoms with van der Waals surface area (Å²) in [5.74, 6) is 0. The highest BCUT2D eigenvalue weighted by molar-refractivity contribution is 6.42. The van der Waals surface area contributed by atoms with Gasteiger partial charge >= 0.3 is 0 Å². The van der Waals surface area contributed by atoms with Crippen molar-refractivity contribution < 1.29 is 9.90 Å². The number of benzene rings is 1. The quantitative estimate of drug-likeness (QED) is 0.469. The molecule has 0 fully saturated rings. The first-order chi connectivity index (χ1) is 6.19. The zero-order valence-electron chi connectivity index (χ0n) is 6.50. The minimum absolute atomic E-state index is 0.165. The van der Waals surface area contributed by atoms with Gasteiger partial charge in [0.25, 0.3) is 0 Å². The molecule has 0 amide bonds. The molecule has 13 heavy (non-hydrogen) atoms. The highest BCUT2D eigenvalue weighted by Gasteiger charge is 2.03. The minimum Gasteiger partial charge on any atom is -0.515 e. The molecular formula is C9H6Cl2O2. The molecule has 0 radical (unpaired) electrons. The molecule has 68 valence electrons. The largest absolute Gasteiger partial charge is 0.515 e. The van der Waals surface area contributed by atoms with Crippen LogP contribution in [0.4, 0.5) is 0 Å². The second-order valence-electron chi connectivity index (χ2n) is 2.33. The Kier molecular flexibility index (Phi) is 3.34. The Hall–Kier alpha value is -0.990. The number of halogens is 2. The first-order valence-electron chi connectivity index (χ1n) is 3.44. The molecule has 0 aliphatic carbocycles. The maximum absolute atomic E-state index is 10.4. The molecule has 0 unspecified atom stereocenters. The Morgan fingerprint density at radius 3 is 2.46 bits per heavy atom. The summed E-state index contributed by atoms with van der Waals surface area (Å²) in [6, 6.07) is 4.68. The summed E-state index contributed by atoms with van der Waals surface area (Å²) < 4.78 is 0. The van der Waals surface area contributed by atoms with Crippen LogP contribution in [0.2, 0.25) is 10.0 Å². The van der Waals surface area contributed by atoms with Crippen molar-refractivity contribution in [2.75, 3.05) is 0 Å². The van der Waals surface area contributed by atoms with Crippen molar-refractivity contribution >= 4 is 35.1 Å². The van der Waals surface area contributed by atoms with E-state index in [4.69, 9.17) is 28.3 Å². The van der Waals surface area contributed by atoms with Gasteiger partial charge in [-0.15, -0.1) is 0 Å². The summed E-state index contributed by atoms with van der Waals surface area (Å²) in [6.07, 6.45) is 1.27. The molecular weight excluding hydrogens is 211 g/mol. The summed E-state index contributed by atoms with van der Waals surface area (Å²) in [7, 11) is 0. The van der Waals surface area contributed by atoms with Crippen molar-refractivity contribution in [2.24, 2.45) is 0 Å². The molecule has 1 N–H and O–H groups in total. The van der Waals surface area contributed by atoms with E-state index in [1.54, 1.807) is 12.1 Å². The van der Waals surface area contributed by atoms with Crippen LogP contribution in [0.3, 0.4) is 0 Å². The van der Waals surface area contributed by atoms with Gasteiger partial charge in [0.1, 0.15) is 0 Å². The van der Waals surface area contributed by atoms with E-state index in [2.05, 4.69) is 0 Å². The monoisotopic (exact) mass is 216 g/mol. The lowest BCUT2D eigenvalue weighted by Gasteiger charge is -2.00. The Morgan fingerprint density at radius 1 is 1.31 bits per heavy atom. The highest BCUT2D eigenvalue weighted by atomic mass is 35.5. The zero-order chi connectivity index (χ0) is 9.84. The average Bonchev–Trinajstić information content (AvgIpc) is 2.13. The minimum atomic E-state index is 0.165. The number of hydrogen-bond acceptors (Lipinski definition) is 2. The molecule has 0 spiro atoms. The summed E-state index contributed by atoms with van der Waals surface area (Å²) in [6.45, 7) is 0. The Balaban J connectivity index is 3.17. The van der Waals surface area contributed by atoms with E-state index < -0.39 is 0 Å². The second-order valence-corrected chi connectivity index (χ2v) is 3.15. The number of aliphatic hydroxyl groups excluding tert-OH is 1. The first-order valence-corrected chi connectivity index (χ1v) is 4.19. The molecule has 1 rings (SSSR count). The molecule has 1 aromatic rings. The summed E-state index contributed by atoms with van der Waals surface area (Å²) in [4.78, 5) is 10.4. The fourth-order valence-corrected chi connectivity index (χ4v) is 1.15. The van der Waals surface area contributed by atoms with Crippen molar-refractivity contribution in [3.8, 4) is 0 Å². The van der Waals surface area contributed by atoms with Crippen LogP contribution >= 0.6 is 23.2 Å². The van der Waals surface area contributed by atoms with Crippen LogP contribution in [0.15, 0.2) is 24.5 Å². The summed E-state index contributed by atoms with van der Waals surface area (Å²) >= 11 is 11.4. The van der Waals surface area contributed by atoms with Crippen LogP contribution in [0, 0.1) is 0 Å². The first kappa shape index (κ1) is 10.1. The topological polar surface area (TPSA) is 37.3 Å². The Morgan fingerprint density at radius 2 is 2.00 bits per heavy atom. The molecule has 0 aliphatic heterocycles. The predicted octanol–water partition coefficient (Wildman–Crippen LogP) is 3.09. The molecule has 1 aromatic carbocycles. The molecule has 2 nitrogen and oxygen atoms in total. The van der Waals surface area contributed by atoms with Gasteiger partial charge in [0.05, 0.1) is 21.9 Å². The number of aliphatic hydroxyl groups is 1. The van der Waals surface area contributed by atoms with E-state index in [1.807, 2.05) is 0 Å². The van der Waals surface area contributed by atoms with Crippen LogP contribution in [0.1, 0.15) is 5.56 Å². The van der Waals surface area contributed by atoms with E-state index >= 15 is 0 Å². The van der Waals surface area contributed by atoms with E-state index in [9.17, 15) is 4.79 Å². The van der Waals surface area contributed by atoms with Gasteiger partial charge < -0.3 is 5.11 Å². The standard InChI is InChI=1S/C9H6Cl2O2/c10-8-2-1-6(3-9(8)11)7(4-12)5-13/h1-5,12H/b7-4+. The summed E-state index contributed by atoms with van der Waals surface area (Å²) in [5.41, 5.74) is 0.700. The van der Waals surface area contributed by atoms with Gasteiger partial charge in [0.15, 0.2) is 6.29 Å². The van der Waals surface area contributed by atoms with Crippen LogP contribution in [0.5, 0.6) is 0 Å². The van der Waals surface area contributed by atoms with Gasteiger partial charge in [-0.05, 0) is 17.7 Å². The highest BCUT2D eigenvalue weighted by Crippen LogP contribution is 2.25. The van der Waals surface area contributed by atoms with E-state index in [0.29, 0.717) is 21.9 Å². The second kappa shape index (κ2) is 4.30. The maximum Gasteiger partial charge on any atom is 0.153 e. The smallest absolute Gasteiger partial charge is 0.153 e. The van der Waals surface area contributed by atoms with Crippen LogP contribution in [0.25, 0.3) is 5.57 Å². The lowest BCUT2D eigenvalue weighted by molar-refractivity contribution is -0.103. The zero-order valence-corrected chi connectivity index (χ0v) is 8.01. The Labute approximate surface area is 85.4 Å². The third-order valence-corrected chi connectivity index (χ3v) is 2.26. The van der Waals surface area contributed by atoms with Gasteiger partial charge in [-0.25, -0.2) is 0 Å². The number of aldehydes is 1. The van der Waals surface area contributed by atoms with E-state index in [-0.39, 0.29) is 5.57 Å². The third kappa shape index (κ3) is 2.23. The maximum atomic E-state index is 10.4. The van der Waals surface area contributed by atoms with Crippen molar-refractivity contribution in [2.45, 2.75) is 0 Å². The number of hydrogen-bond donors (Lipinski definition) is 1. The fourth-order valence-electron chi connectivity index (χ4n) is 0.849. The summed E-state index contributed by atoms with van der Waals surface area (Å²) in [5, 5.41) is 9.43. The van der Waals surface area contributed by atoms with Crippen LogP contribution in [-0.4, -0.2) is 11.4 Å². The van der Waals surface area contributed by atoms with Crippen molar-refractivity contribution in [1.82, 2.24) is 0 Å². The SMILES string of the molecule is O=C/C(=C\O)c1ccc(Cl)c(Cl)c1. The van der Waals surface area contributed by atoms with Gasteiger partial charge in [0, 0.05) is 0 Å². The molecule has 0 aliphatic rings. The van der Waals surface area contributed by atoms with E-state index in [1.165, 1.54) is 6.07 Å². The number of carbonyl (C=O) groups excluding carboxylic acids is 1. The van der Waals surface area contributed by atoms with Gasteiger partial charge in [-0.3, -0.25) is 4.79 Å². The lowest BCUT2D eigenvalue weighted by atomic mass is 10.1. The van der Waals surface area contributed by atoms with Crippen molar-refractivity contribution in [3.63, 3.8) is 0 Å². The fraction of sp³-hybridized carbons (Fsp3) is 0. The molecule has 0 bridgehead atoms. The van der Waals surface area contributed by atoms with Crippen LogP contribution < -0.4 is 0 Å². The van der Waals surface area contributed by atoms with Crippen molar-refractivity contribution in [3.05, 3.63) is 40.1 Å². The van der Waals surface area contributed by atoms with Crippen LogP contribution in [-0.2, 0) is 4.79 Å². The molecule has 0 atom stereocenters. The Bertz CT molecular complexity index is 359. The normalized spacial score (nSPS) is 11.4. The lowest BCUT2D eigenvalue weighted by Crippen LogP contribution is -1.85. The number of rotatable bonds is 2. The molecule has 0 saturated carbocycles. The van der Waals surface area contributed by atoms with Gasteiger partial charge in [-0.2, -0.15) is 0 Å².